The van der Waals surface area contributed by atoms with Gasteiger partial charge in [-0.25, -0.2) is 0 Å². The van der Waals surface area contributed by atoms with Crippen molar-refractivity contribution < 1.29 is 19.4 Å². The molecule has 1 aromatic carbocycles. The van der Waals surface area contributed by atoms with Crippen molar-refractivity contribution in [2.45, 2.75) is 6.42 Å². The van der Waals surface area contributed by atoms with Crippen molar-refractivity contribution in [3.05, 3.63) is 58.2 Å². The third-order valence-electron chi connectivity index (χ3n) is 3.35. The summed E-state index contributed by atoms with van der Waals surface area (Å²) >= 11 is 0. The summed E-state index contributed by atoms with van der Waals surface area (Å²) < 4.78 is 5.53. The topological polar surface area (TPSA) is 63.6 Å². The lowest BCUT2D eigenvalue weighted by Crippen LogP contribution is -2.25. The van der Waals surface area contributed by atoms with E-state index in [-0.39, 0.29) is 12.2 Å². The highest BCUT2D eigenvalue weighted by Crippen LogP contribution is 2.25. The number of rotatable bonds is 2. The molecular formula is C16H12O4. The molecule has 0 amide bonds. The van der Waals surface area contributed by atoms with Crippen molar-refractivity contribution in [2.75, 3.05) is 0 Å². The Bertz CT molecular complexity index is 768. The lowest BCUT2D eigenvalue weighted by molar-refractivity contribution is -0.139. The van der Waals surface area contributed by atoms with Crippen LogP contribution in [-0.4, -0.2) is 16.9 Å². The molecule has 1 aromatic rings. The van der Waals surface area contributed by atoms with E-state index in [0.29, 0.717) is 11.3 Å². The second kappa shape index (κ2) is 4.81. The maximum Gasteiger partial charge on any atom is 0.304 e. The highest BCUT2D eigenvalue weighted by Gasteiger charge is 2.27. The first kappa shape index (κ1) is 12.4. The number of hydrogen-bond donors (Lipinski definition) is 1. The van der Waals surface area contributed by atoms with Crippen LogP contribution in [0, 0.1) is 5.92 Å². The zero-order chi connectivity index (χ0) is 14.1. The maximum absolute atomic E-state index is 12.4. The monoisotopic (exact) mass is 268 g/mol. The number of carbonyl (C=O) groups excluding carboxylic acids is 1. The van der Waals surface area contributed by atoms with Gasteiger partial charge >= 0.3 is 5.97 Å². The first-order valence-corrected chi connectivity index (χ1v) is 6.27. The fraction of sp³-hybridized carbons (Fsp3) is 0.125. The van der Waals surface area contributed by atoms with E-state index >= 15 is 0 Å². The van der Waals surface area contributed by atoms with Crippen LogP contribution in [-0.2, 0) is 14.3 Å². The predicted octanol–water partition coefficient (Wildman–Crippen LogP) is 0.719. The van der Waals surface area contributed by atoms with Gasteiger partial charge in [0.2, 0.25) is 0 Å². The third kappa shape index (κ3) is 2.16. The van der Waals surface area contributed by atoms with Crippen LogP contribution >= 0.6 is 0 Å². The lowest BCUT2D eigenvalue weighted by Gasteiger charge is -2.16. The van der Waals surface area contributed by atoms with Crippen molar-refractivity contribution >= 4 is 24.1 Å². The van der Waals surface area contributed by atoms with Crippen molar-refractivity contribution in [1.29, 1.82) is 0 Å². The molecule has 1 aliphatic carbocycles. The molecule has 3 rings (SSSR count). The molecule has 0 saturated heterocycles. The largest absolute Gasteiger partial charge is 0.481 e. The Hall–Kier alpha value is -2.62. The molecule has 2 aliphatic rings. The number of Topliss-reactive ketones (excluding diaryl/α,β-unsaturated/α-hetero) is 1. The van der Waals surface area contributed by atoms with E-state index < -0.39 is 11.9 Å². The molecule has 1 heterocycles. The molecule has 1 atom stereocenters. The van der Waals surface area contributed by atoms with Crippen LogP contribution in [0.15, 0.2) is 47.7 Å². The van der Waals surface area contributed by atoms with Gasteiger partial charge in [0.1, 0.15) is 5.76 Å². The van der Waals surface area contributed by atoms with E-state index in [1.807, 2.05) is 24.3 Å². The molecule has 0 aromatic heterocycles. The number of aliphatic carboxylic acids is 1. The lowest BCUT2D eigenvalue weighted by atomic mass is 9.89. The molecule has 0 spiro atoms. The smallest absolute Gasteiger partial charge is 0.304 e. The van der Waals surface area contributed by atoms with Crippen LogP contribution < -0.4 is 10.4 Å². The first-order valence-electron chi connectivity index (χ1n) is 6.27. The van der Waals surface area contributed by atoms with Crippen molar-refractivity contribution in [3.63, 3.8) is 0 Å². The summed E-state index contributed by atoms with van der Waals surface area (Å²) in [6.07, 6.45) is 6.42. The minimum absolute atomic E-state index is 0.203. The molecule has 1 N–H and O–H groups in total. The van der Waals surface area contributed by atoms with Gasteiger partial charge in [0.05, 0.1) is 24.2 Å². The van der Waals surface area contributed by atoms with Crippen molar-refractivity contribution in [1.82, 2.24) is 0 Å². The standard InChI is InChI=1S/C16H12O4/c17-15(18)8-11-5-6-14-13(16(11)19)7-10-3-1-2-4-12(10)9-20-14/h1-7,9,11H,8H2,(H,17,18). The van der Waals surface area contributed by atoms with E-state index in [2.05, 4.69) is 0 Å². The number of carbonyl (C=O) groups is 2. The predicted molar refractivity (Wildman–Crippen MR) is 72.6 cm³/mol. The Kier molecular flexibility index (Phi) is 2.99. The Morgan fingerprint density at radius 2 is 2.00 bits per heavy atom. The molecule has 20 heavy (non-hydrogen) atoms. The summed E-state index contributed by atoms with van der Waals surface area (Å²) in [4.78, 5) is 23.1. The Balaban J connectivity index is 2.07. The minimum atomic E-state index is -0.987. The normalized spacial score (nSPS) is 20.0. The van der Waals surface area contributed by atoms with Gasteiger partial charge in [-0.15, -0.1) is 0 Å². The van der Waals surface area contributed by atoms with Gasteiger partial charge in [-0.1, -0.05) is 30.3 Å². The number of ether oxygens (including phenoxy) is 1. The number of fused-ring (bicyclic) bond motifs is 1. The number of benzene rings is 1. The van der Waals surface area contributed by atoms with Crippen LogP contribution in [0.1, 0.15) is 6.42 Å². The Morgan fingerprint density at radius 3 is 2.75 bits per heavy atom. The van der Waals surface area contributed by atoms with Gasteiger partial charge in [0, 0.05) is 5.22 Å². The molecule has 4 heteroatoms. The molecule has 100 valence electrons. The van der Waals surface area contributed by atoms with Gasteiger partial charge in [-0.05, 0) is 17.4 Å². The first-order chi connectivity index (χ1) is 9.65. The van der Waals surface area contributed by atoms with E-state index in [9.17, 15) is 9.59 Å². The summed E-state index contributed by atoms with van der Waals surface area (Å²) in [6.45, 7) is 0. The van der Waals surface area contributed by atoms with Crippen LogP contribution in [0.4, 0.5) is 0 Å². The van der Waals surface area contributed by atoms with Crippen LogP contribution in [0.25, 0.3) is 12.3 Å². The number of ketones is 1. The van der Waals surface area contributed by atoms with E-state index in [4.69, 9.17) is 9.84 Å². The second-order valence-electron chi connectivity index (χ2n) is 4.71. The van der Waals surface area contributed by atoms with Crippen LogP contribution in [0.5, 0.6) is 0 Å². The van der Waals surface area contributed by atoms with Gasteiger partial charge in [0.25, 0.3) is 0 Å². The maximum atomic E-state index is 12.4. The van der Waals surface area contributed by atoms with Gasteiger partial charge < -0.3 is 9.84 Å². The summed E-state index contributed by atoms with van der Waals surface area (Å²) in [6, 6.07) is 7.56. The van der Waals surface area contributed by atoms with E-state index in [1.165, 1.54) is 0 Å². The number of carboxylic acid groups (broad SMARTS) is 1. The second-order valence-corrected chi connectivity index (χ2v) is 4.71. The van der Waals surface area contributed by atoms with Gasteiger partial charge in [0.15, 0.2) is 5.78 Å². The Morgan fingerprint density at radius 1 is 1.25 bits per heavy atom. The highest BCUT2D eigenvalue weighted by molar-refractivity contribution is 6.08. The number of hydrogen-bond acceptors (Lipinski definition) is 3. The van der Waals surface area contributed by atoms with Gasteiger partial charge in [-0.3, -0.25) is 9.59 Å². The zero-order valence-electron chi connectivity index (χ0n) is 10.6. The SMILES string of the molecule is O=C(O)CC1C=CC2=C(C=c3ccccc3=CO2)C1=O. The molecule has 0 radical (unpaired) electrons. The quantitative estimate of drug-likeness (QED) is 0.858. The molecule has 1 aliphatic heterocycles. The average Bonchev–Trinajstić information content (AvgIpc) is 2.61. The minimum Gasteiger partial charge on any atom is -0.481 e. The third-order valence-corrected chi connectivity index (χ3v) is 3.35. The van der Waals surface area contributed by atoms with Crippen molar-refractivity contribution in [3.8, 4) is 0 Å². The van der Waals surface area contributed by atoms with Crippen LogP contribution in [0.3, 0.4) is 0 Å². The molecule has 0 saturated carbocycles. The molecular weight excluding hydrogens is 256 g/mol. The fourth-order valence-corrected chi connectivity index (χ4v) is 2.33. The fourth-order valence-electron chi connectivity index (χ4n) is 2.33. The molecule has 1 unspecified atom stereocenters. The van der Waals surface area contributed by atoms with E-state index in [0.717, 1.165) is 10.4 Å². The van der Waals surface area contributed by atoms with Gasteiger partial charge in [-0.2, -0.15) is 0 Å². The Labute approximate surface area is 115 Å². The van der Waals surface area contributed by atoms with E-state index in [1.54, 1.807) is 24.5 Å². The summed E-state index contributed by atoms with van der Waals surface area (Å²) in [7, 11) is 0. The molecule has 0 fully saturated rings. The molecule has 4 nitrogen and oxygen atoms in total. The summed E-state index contributed by atoms with van der Waals surface area (Å²) in [5.74, 6) is -1.36. The van der Waals surface area contributed by atoms with Crippen molar-refractivity contribution in [2.24, 2.45) is 5.92 Å². The molecule has 0 bridgehead atoms. The van der Waals surface area contributed by atoms with Crippen LogP contribution in [0.2, 0.25) is 0 Å². The average molecular weight is 268 g/mol. The zero-order valence-corrected chi connectivity index (χ0v) is 10.6. The highest BCUT2D eigenvalue weighted by atomic mass is 16.5. The number of carboxylic acids is 1. The summed E-state index contributed by atoms with van der Waals surface area (Å²) in [5.41, 5.74) is 0.431. The summed E-state index contributed by atoms with van der Waals surface area (Å²) in [5, 5.41) is 10.6. The number of allylic oxidation sites excluding steroid dienone is 3.